The van der Waals surface area contributed by atoms with Crippen LogP contribution in [0.4, 0.5) is 0 Å². The summed E-state index contributed by atoms with van der Waals surface area (Å²) in [7, 11) is -1.03. The van der Waals surface area contributed by atoms with Crippen LogP contribution in [0.2, 0.25) is 0 Å². The molecule has 0 amide bonds. The van der Waals surface area contributed by atoms with Gasteiger partial charge in [-0.3, -0.25) is 4.57 Å². The summed E-state index contributed by atoms with van der Waals surface area (Å²) in [6.07, 6.45) is -0.146. The van der Waals surface area contributed by atoms with Crippen LogP contribution >= 0.6 is 7.52 Å². The van der Waals surface area contributed by atoms with E-state index < -0.39 is 7.52 Å². The van der Waals surface area contributed by atoms with Gasteiger partial charge >= 0.3 is 0 Å². The molecule has 1 aliphatic rings. The van der Waals surface area contributed by atoms with Gasteiger partial charge in [0.05, 0.1) is 0 Å². The van der Waals surface area contributed by atoms with E-state index in [1.165, 1.54) is 0 Å². The third-order valence-electron chi connectivity index (χ3n) is 3.80. The molecule has 0 spiro atoms. The highest BCUT2D eigenvalue weighted by Gasteiger charge is 2.45. The Morgan fingerprint density at radius 3 is 2.58 bits per heavy atom. The molecule has 3 rings (SSSR count). The molecule has 0 N–H and O–H groups in total. The lowest BCUT2D eigenvalue weighted by Crippen LogP contribution is -2.25. The smallest absolute Gasteiger partial charge is 0.278 e. The van der Waals surface area contributed by atoms with Crippen LogP contribution in [0.25, 0.3) is 0 Å². The minimum Gasteiger partial charge on any atom is -0.306 e. The first-order valence-electron chi connectivity index (χ1n) is 6.42. The van der Waals surface area contributed by atoms with Gasteiger partial charge in [0.15, 0.2) is 0 Å². The predicted octanol–water partition coefficient (Wildman–Crippen LogP) is 3.32. The summed E-state index contributed by atoms with van der Waals surface area (Å²) in [6.45, 7) is 2.06. The Bertz CT molecular complexity index is 594. The zero-order chi connectivity index (χ0) is 13.5. The molecule has 0 bridgehead atoms. The molecule has 0 unspecified atom stereocenters. The minimum absolute atomic E-state index is 0.0862. The van der Waals surface area contributed by atoms with Crippen LogP contribution < -0.4 is 5.30 Å². The van der Waals surface area contributed by atoms with Crippen molar-refractivity contribution < 1.29 is 9.09 Å². The van der Waals surface area contributed by atoms with Crippen molar-refractivity contribution in [3.63, 3.8) is 0 Å². The molecule has 0 radical (unpaired) electrons. The van der Waals surface area contributed by atoms with Gasteiger partial charge in [-0.25, -0.2) is 10.7 Å². The van der Waals surface area contributed by atoms with E-state index >= 15 is 0 Å². The van der Waals surface area contributed by atoms with Crippen LogP contribution in [-0.4, -0.2) is 17.8 Å². The van der Waals surface area contributed by atoms with Crippen molar-refractivity contribution in [1.82, 2.24) is 4.67 Å². The van der Waals surface area contributed by atoms with Crippen LogP contribution in [0, 0.1) is 0 Å². The van der Waals surface area contributed by atoms with Gasteiger partial charge in [-0.05, 0) is 19.5 Å². The van der Waals surface area contributed by atoms with Crippen molar-refractivity contribution in [1.29, 1.82) is 0 Å². The Morgan fingerprint density at radius 2 is 1.95 bits per heavy atom. The molecule has 1 saturated heterocycles. The topological polar surface area (TPSA) is 29.5 Å². The van der Waals surface area contributed by atoms with Gasteiger partial charge in [-0.2, -0.15) is 18.2 Å². The zero-order valence-electron chi connectivity index (χ0n) is 11.1. The molecule has 1 heterocycles. The van der Waals surface area contributed by atoms with E-state index in [4.69, 9.17) is 4.52 Å². The fourth-order valence-corrected chi connectivity index (χ4v) is 4.92. The summed E-state index contributed by atoms with van der Waals surface area (Å²) in [4.78, 5) is 0. The van der Waals surface area contributed by atoms with E-state index in [1.807, 2.05) is 66.3 Å². The lowest BCUT2D eigenvalue weighted by atomic mass is 10.0. The van der Waals surface area contributed by atoms with Gasteiger partial charge < -0.3 is 4.52 Å². The maximum atomic E-state index is 13.1. The van der Waals surface area contributed by atoms with Crippen LogP contribution in [-0.2, 0) is 9.09 Å². The molecule has 2 aromatic rings. The predicted molar refractivity (Wildman–Crippen MR) is 76.8 cm³/mol. The number of likely N-dealkylation sites (N-methyl/N-ethyl adjacent to an activating group) is 1. The second kappa shape index (κ2) is 4.68. The van der Waals surface area contributed by atoms with Crippen LogP contribution in [0.1, 0.15) is 18.6 Å². The average molecular weight is 274 g/mol. The molecule has 1 fully saturated rings. The molecule has 4 heteroatoms. The van der Waals surface area contributed by atoms with E-state index in [1.54, 1.807) is 0 Å². The number of rotatable bonds is 2. The van der Waals surface area contributed by atoms with Crippen LogP contribution in [0.5, 0.6) is 0 Å². The van der Waals surface area contributed by atoms with Crippen molar-refractivity contribution in [2.75, 3.05) is 7.05 Å². The minimum atomic E-state index is -2.91. The number of nitrogens with zero attached hydrogens (tertiary/aromatic N) is 1. The first kappa shape index (κ1) is 12.7. The first-order chi connectivity index (χ1) is 9.13. The molecule has 2 aromatic carbocycles. The van der Waals surface area contributed by atoms with Gasteiger partial charge in [0, 0.05) is 6.04 Å². The lowest BCUT2D eigenvalue weighted by Gasteiger charge is -2.22. The van der Waals surface area contributed by atoms with Crippen molar-refractivity contribution in [3.05, 3.63) is 60.2 Å². The fourth-order valence-electron chi connectivity index (χ4n) is 2.53. The molecule has 100 valence electrons. The average Bonchev–Trinajstić information content (AvgIpc) is 3.04. The van der Waals surface area contributed by atoms with E-state index in [9.17, 15) is 4.57 Å². The van der Waals surface area contributed by atoms with Gasteiger partial charge in [-0.15, -0.1) is 0 Å². The molecule has 0 aliphatic carbocycles. The Hall–Kier alpha value is -1.28. The highest BCUT2D eigenvalue weighted by Crippen LogP contribution is 2.60. The third-order valence-corrected chi connectivity index (χ3v) is 6.46. The van der Waals surface area contributed by atoms with Crippen molar-refractivity contribution in [3.8, 4) is 0 Å². The number of hydrogen-bond donors (Lipinski definition) is 0. The maximum Gasteiger partial charge on any atom is 0.278 e. The quantitative estimate of drug-likeness (QED) is 0.621. The van der Waals surface area contributed by atoms with Crippen molar-refractivity contribution in [2.24, 2.45) is 0 Å². The summed E-state index contributed by atoms with van der Waals surface area (Å²) >= 11 is 0. The lowest BCUT2D eigenvalue weighted by molar-refractivity contribution is 0.212. The van der Waals surface area contributed by atoms with Crippen LogP contribution in [0.15, 0.2) is 54.6 Å². The molecule has 0 aromatic heterocycles. The number of benzene rings is 1. The van der Waals surface area contributed by atoms with E-state index in [2.05, 4.69) is 6.92 Å². The molecular formula is C15H17NO2P-. The highest BCUT2D eigenvalue weighted by molar-refractivity contribution is 7.64. The first-order valence-corrected chi connectivity index (χ1v) is 7.99. The molecule has 1 aliphatic heterocycles. The summed E-state index contributed by atoms with van der Waals surface area (Å²) in [5, 5.41) is 0.778. The second-order valence-corrected chi connectivity index (χ2v) is 7.31. The summed E-state index contributed by atoms with van der Waals surface area (Å²) in [6, 6.07) is 17.6. The summed E-state index contributed by atoms with van der Waals surface area (Å²) < 4.78 is 21.0. The Kier molecular flexibility index (Phi) is 3.14. The Balaban J connectivity index is 1.98. The third kappa shape index (κ3) is 1.99. The molecular weight excluding hydrogens is 257 g/mol. The highest BCUT2D eigenvalue weighted by atomic mass is 31.2. The maximum absolute atomic E-state index is 13.1. The van der Waals surface area contributed by atoms with Crippen LogP contribution in [0.3, 0.4) is 0 Å². The largest absolute Gasteiger partial charge is 0.306 e. The van der Waals surface area contributed by atoms with E-state index in [0.29, 0.717) is 0 Å². The number of hydrogen-bond acceptors (Lipinski definition) is 2. The van der Waals surface area contributed by atoms with Gasteiger partial charge in [-0.1, -0.05) is 35.6 Å². The molecule has 19 heavy (non-hydrogen) atoms. The molecule has 3 nitrogen and oxygen atoms in total. The monoisotopic (exact) mass is 274 g/mol. The van der Waals surface area contributed by atoms with Crippen molar-refractivity contribution >= 4 is 12.8 Å². The summed E-state index contributed by atoms with van der Waals surface area (Å²) in [5.74, 6) is 0. The SMILES string of the molecule is C[C@H]1[C@@H](c2ccccc2)O[P@](=O)(c2ccc[cH-]2)N1C. The standard InChI is InChI=1S/C15H17NO2P/c1-12-15(13-8-4-3-5-9-13)18-19(17,16(12)2)14-10-6-7-11-14/h3-12,15H,1-2H3/q-1/t12-,15-,19+/m0/s1. The molecule has 0 saturated carbocycles. The Labute approximate surface area is 113 Å². The van der Waals surface area contributed by atoms with E-state index in [-0.39, 0.29) is 12.1 Å². The zero-order valence-corrected chi connectivity index (χ0v) is 12.0. The normalized spacial score (nSPS) is 31.7. The molecule has 3 atom stereocenters. The van der Waals surface area contributed by atoms with Gasteiger partial charge in [0.25, 0.3) is 7.52 Å². The second-order valence-electron chi connectivity index (χ2n) is 4.91. The fraction of sp³-hybridized carbons (Fsp3) is 0.267. The van der Waals surface area contributed by atoms with Gasteiger partial charge in [0.2, 0.25) is 0 Å². The van der Waals surface area contributed by atoms with Crippen molar-refractivity contribution in [2.45, 2.75) is 19.1 Å². The van der Waals surface area contributed by atoms with Gasteiger partial charge in [0.1, 0.15) is 6.10 Å². The Morgan fingerprint density at radius 1 is 1.21 bits per heavy atom. The summed E-state index contributed by atoms with van der Waals surface area (Å²) in [5.41, 5.74) is 1.08. The van der Waals surface area contributed by atoms with E-state index in [0.717, 1.165) is 10.9 Å².